The number of aliphatic hydroxyl groups is 1. The second-order valence-electron chi connectivity index (χ2n) is 19.3. The van der Waals surface area contributed by atoms with Crippen molar-refractivity contribution < 1.29 is 61.8 Å². The lowest BCUT2D eigenvalue weighted by Crippen LogP contribution is -2.58. The summed E-state index contributed by atoms with van der Waals surface area (Å²) in [5, 5.41) is 22.8. The molecule has 1 aliphatic rings. The van der Waals surface area contributed by atoms with Crippen molar-refractivity contribution in [1.82, 2.24) is 50.8 Å². The minimum absolute atomic E-state index is 0.0256. The number of carbonyl (C=O) groups excluding carboxylic acids is 10. The smallest absolute Gasteiger partial charge is 0.254 e. The number of primary amides is 1. The number of likely N-dealkylation sites (N-methyl/N-ethyl adjacent to an activating group) is 1. The van der Waals surface area contributed by atoms with Crippen LogP contribution in [0.4, 0.5) is 8.78 Å². The molecule has 0 bridgehead atoms. The zero-order valence-electron chi connectivity index (χ0n) is 43.2. The third kappa shape index (κ3) is 17.2. The molecule has 4 aromatic rings. The molecule has 2 aromatic heterocycles. The highest BCUT2D eigenvalue weighted by Gasteiger charge is 2.39. The number of aromatic nitrogens is 2. The van der Waals surface area contributed by atoms with E-state index in [0.717, 1.165) is 40.8 Å². The van der Waals surface area contributed by atoms with Crippen LogP contribution < -0.4 is 32.3 Å². The van der Waals surface area contributed by atoms with Crippen molar-refractivity contribution in [2.24, 2.45) is 11.1 Å². The zero-order valence-corrected chi connectivity index (χ0v) is 43.2. The third-order valence-electron chi connectivity index (χ3n) is 12.2. The van der Waals surface area contributed by atoms with E-state index >= 15 is 4.39 Å². The van der Waals surface area contributed by atoms with Crippen LogP contribution in [-0.4, -0.2) is 153 Å². The highest BCUT2D eigenvalue weighted by Crippen LogP contribution is 2.41. The Labute approximate surface area is 442 Å². The zero-order chi connectivity index (χ0) is 56.6. The van der Waals surface area contributed by atoms with Crippen LogP contribution >= 0.6 is 0 Å². The molecule has 410 valence electrons. The van der Waals surface area contributed by atoms with Gasteiger partial charge in [-0.15, -0.1) is 0 Å². The number of aliphatic hydroxyl groups excluding tert-OH is 1. The summed E-state index contributed by atoms with van der Waals surface area (Å²) >= 11 is 0. The number of hydrogen-bond donors (Lipinski definition) is 7. The summed E-state index contributed by atoms with van der Waals surface area (Å²) in [7, 11) is 1.39. The van der Waals surface area contributed by atoms with Crippen molar-refractivity contribution in [2.45, 2.75) is 77.7 Å². The Morgan fingerprint density at radius 3 is 2.06 bits per heavy atom. The van der Waals surface area contributed by atoms with E-state index < -0.39 is 133 Å². The van der Waals surface area contributed by atoms with Crippen molar-refractivity contribution >= 4 is 59.1 Å². The second-order valence-corrected chi connectivity index (χ2v) is 19.3. The van der Waals surface area contributed by atoms with Crippen molar-refractivity contribution in [1.29, 1.82) is 0 Å². The maximum Gasteiger partial charge on any atom is 0.254 e. The molecule has 0 saturated carbocycles. The Kier molecular flexibility index (Phi) is 20.9. The fourth-order valence-electron chi connectivity index (χ4n) is 8.38. The van der Waals surface area contributed by atoms with E-state index in [2.05, 4.69) is 31.6 Å². The molecule has 10 amide bonds. The molecule has 0 radical (unpaired) electrons. The molecular weight excluding hydrogens is 1000 g/mol. The fourth-order valence-corrected chi connectivity index (χ4v) is 8.38. The first-order chi connectivity index (χ1) is 36.4. The maximum absolute atomic E-state index is 15.4. The van der Waals surface area contributed by atoms with Crippen LogP contribution in [0.15, 0.2) is 97.5 Å². The number of halogens is 2. The number of nitrogens with one attached hydrogen (secondary N) is 5. The lowest BCUT2D eigenvalue weighted by atomic mass is 9.82. The van der Waals surface area contributed by atoms with E-state index in [1.807, 2.05) is 30.3 Å². The molecule has 0 fully saturated rings. The summed E-state index contributed by atoms with van der Waals surface area (Å²) in [6.07, 6.45) is 5.42. The number of pyridine rings is 1. The number of nitrogens with two attached hydrogens (primary N) is 1. The summed E-state index contributed by atoms with van der Waals surface area (Å²) in [5.41, 5.74) is 6.69. The lowest BCUT2D eigenvalue weighted by Gasteiger charge is -2.41. The van der Waals surface area contributed by atoms with Gasteiger partial charge in [-0.05, 0) is 66.3 Å². The van der Waals surface area contributed by atoms with E-state index in [-0.39, 0.29) is 43.7 Å². The number of benzene rings is 2. The molecule has 0 saturated heterocycles. The predicted molar refractivity (Wildman–Crippen MR) is 274 cm³/mol. The van der Waals surface area contributed by atoms with Crippen LogP contribution in [0.25, 0.3) is 11.1 Å². The Balaban J connectivity index is 1.40. The molecule has 3 heterocycles. The molecule has 22 nitrogen and oxygen atoms in total. The average Bonchev–Trinajstić information content (AvgIpc) is 3.93. The predicted octanol–water partition coefficient (Wildman–Crippen LogP) is 0.383. The van der Waals surface area contributed by atoms with Crippen molar-refractivity contribution in [3.8, 4) is 11.1 Å². The van der Waals surface area contributed by atoms with Gasteiger partial charge >= 0.3 is 0 Å². The molecule has 2 aromatic carbocycles. The lowest BCUT2D eigenvalue weighted by molar-refractivity contribution is -0.141. The van der Waals surface area contributed by atoms with Crippen LogP contribution in [0.3, 0.4) is 0 Å². The Morgan fingerprint density at radius 1 is 0.779 bits per heavy atom. The van der Waals surface area contributed by atoms with Crippen molar-refractivity contribution in [3.05, 3.63) is 126 Å². The molecule has 8 N–H and O–H groups in total. The van der Waals surface area contributed by atoms with Crippen molar-refractivity contribution in [2.75, 3.05) is 46.4 Å². The topological polar surface area (TPSA) is 305 Å². The molecule has 0 unspecified atom stereocenters. The molecular formula is C53H63F2N11O11. The van der Waals surface area contributed by atoms with Crippen molar-refractivity contribution in [3.63, 3.8) is 0 Å². The van der Waals surface area contributed by atoms with Crippen LogP contribution in [0.1, 0.15) is 63.4 Å². The molecule has 77 heavy (non-hydrogen) atoms. The molecule has 1 aliphatic heterocycles. The highest BCUT2D eigenvalue weighted by molar-refractivity contribution is 6.14. The summed E-state index contributed by atoms with van der Waals surface area (Å²) in [6, 6.07) is 11.4. The first-order valence-electron chi connectivity index (χ1n) is 24.4. The largest absolute Gasteiger partial charge is 0.387 e. The van der Waals surface area contributed by atoms with Gasteiger partial charge in [-0.1, -0.05) is 51.1 Å². The van der Waals surface area contributed by atoms with Crippen LogP contribution in [0, 0.1) is 17.0 Å². The van der Waals surface area contributed by atoms with E-state index in [1.54, 1.807) is 49.7 Å². The molecule has 5 rings (SSSR count). The summed E-state index contributed by atoms with van der Waals surface area (Å²) in [5.74, 6) is -9.52. The van der Waals surface area contributed by atoms with Gasteiger partial charge in [0.15, 0.2) is 0 Å². The van der Waals surface area contributed by atoms with Gasteiger partial charge < -0.3 is 51.8 Å². The van der Waals surface area contributed by atoms with Gasteiger partial charge in [0, 0.05) is 80.8 Å². The Morgan fingerprint density at radius 2 is 1.43 bits per heavy atom. The summed E-state index contributed by atoms with van der Waals surface area (Å²) in [4.78, 5) is 138. The standard InChI is InChI=1S/C53H63F2N11O11/c1-32(60-44(70)29-63(5)47(73)23-33-15-18-57-19-16-33)50(75)62-40(26-42(56)68)52(77)61-39(51(76)59-21-20-58-43(69)30-66-45(71)13-14-46(66)72)17-22-65(48(74)31-67)49(53(2,3)4)41-24-35(37-25-36(54)11-12-38(37)55)28-64(41)27-34-9-7-6-8-10-34/h6-16,18-19,24-25,28,32,39-40,49,67H,17,20-23,26-27,29-31H2,1-5H3,(H2,56,68)(H,58,69)(H,59,76)(H,60,70)(H,61,77)(H,62,75)/t32-,39-,40-,49-/m0/s1. The number of hydrogen-bond acceptors (Lipinski definition) is 12. The SMILES string of the molecule is C[C@H](NC(=O)CN(C)C(=O)Cc1ccncc1)C(=O)N[C@@H](CC(N)=O)C(=O)N[C@@H](CCN(C(=O)CO)[C@@H](c1cc(-c2cc(F)ccc2F)cn1Cc1ccccc1)C(C)(C)C)C(=O)NCCNC(=O)CN1C(=O)C=CC1=O. The first kappa shape index (κ1) is 59.2. The summed E-state index contributed by atoms with van der Waals surface area (Å²) in [6.45, 7) is 3.91. The first-order valence-corrected chi connectivity index (χ1v) is 24.4. The van der Waals surface area contributed by atoms with Gasteiger partial charge in [0.1, 0.15) is 42.9 Å². The van der Waals surface area contributed by atoms with Gasteiger partial charge in [-0.25, -0.2) is 8.78 Å². The van der Waals surface area contributed by atoms with Crippen LogP contribution in [0.5, 0.6) is 0 Å². The van der Waals surface area contributed by atoms with E-state index in [9.17, 15) is 57.4 Å². The van der Waals surface area contributed by atoms with Gasteiger partial charge in [0.25, 0.3) is 11.8 Å². The third-order valence-corrected chi connectivity index (χ3v) is 12.2. The number of amides is 10. The van der Waals surface area contributed by atoms with Crippen LogP contribution in [-0.2, 0) is 60.9 Å². The molecule has 24 heteroatoms. The monoisotopic (exact) mass is 1070 g/mol. The van der Waals surface area contributed by atoms with E-state index in [0.29, 0.717) is 16.2 Å². The average molecular weight is 1070 g/mol. The van der Waals surface area contributed by atoms with Gasteiger partial charge in [0.2, 0.25) is 47.3 Å². The highest BCUT2D eigenvalue weighted by atomic mass is 19.1. The van der Waals surface area contributed by atoms with Crippen LogP contribution in [0.2, 0.25) is 0 Å². The number of nitrogens with zero attached hydrogens (tertiary/aromatic N) is 5. The number of imide groups is 1. The second kappa shape index (κ2) is 27.2. The normalized spacial score (nSPS) is 13.7. The molecule has 0 aliphatic carbocycles. The summed E-state index contributed by atoms with van der Waals surface area (Å²) < 4.78 is 31.8. The van der Waals surface area contributed by atoms with E-state index in [4.69, 9.17) is 5.73 Å². The number of rotatable bonds is 26. The maximum atomic E-state index is 15.4. The van der Waals surface area contributed by atoms with Gasteiger partial charge in [-0.3, -0.25) is 57.8 Å². The minimum Gasteiger partial charge on any atom is -0.387 e. The van der Waals surface area contributed by atoms with Gasteiger partial charge in [0.05, 0.1) is 25.4 Å². The molecule has 0 spiro atoms. The Hall–Kier alpha value is -8.67. The fraction of sp³-hybridized carbons (Fsp3) is 0.377. The number of carbonyl (C=O) groups is 10. The Bertz CT molecular complexity index is 2840. The van der Waals surface area contributed by atoms with Gasteiger partial charge in [-0.2, -0.15) is 0 Å². The van der Waals surface area contributed by atoms with E-state index in [1.165, 1.54) is 31.3 Å². The quantitative estimate of drug-likeness (QED) is 0.0332. The minimum atomic E-state index is -1.75. The molecule has 4 atom stereocenters.